The Morgan fingerprint density at radius 2 is 1.94 bits per heavy atom. The number of nitrogens with zero attached hydrogens (tertiary/aromatic N) is 4. The summed E-state index contributed by atoms with van der Waals surface area (Å²) in [7, 11) is 0. The number of aryl methyl sites for hydroxylation is 1. The monoisotopic (exact) mass is 421 g/mol. The third-order valence-electron chi connectivity index (χ3n) is 4.63. The zero-order valence-electron chi connectivity index (χ0n) is 16.7. The van der Waals surface area contributed by atoms with Crippen molar-refractivity contribution in [1.29, 1.82) is 0 Å². The minimum atomic E-state index is -0.489. The van der Waals surface area contributed by atoms with Gasteiger partial charge in [-0.15, -0.1) is 0 Å². The van der Waals surface area contributed by atoms with Crippen molar-refractivity contribution in [2.75, 3.05) is 18.4 Å². The van der Waals surface area contributed by atoms with Crippen LogP contribution in [0.25, 0.3) is 16.6 Å². The summed E-state index contributed by atoms with van der Waals surface area (Å²) in [6.07, 6.45) is 3.70. The number of anilines is 1. The van der Waals surface area contributed by atoms with E-state index in [1.165, 1.54) is 16.9 Å². The highest BCUT2D eigenvalue weighted by molar-refractivity contribution is 5.97. The SMILES string of the molecule is Cc1ccc(-n2nccn2)c(C(=O)NCCCNc2nc3ccc(F)cc3c(=O)[nH]2)c1. The number of nitrogens with one attached hydrogen (secondary N) is 3. The largest absolute Gasteiger partial charge is 0.356 e. The lowest BCUT2D eigenvalue weighted by Gasteiger charge is -2.11. The number of carbonyl (C=O) groups is 1. The molecule has 2 aromatic carbocycles. The topological polar surface area (TPSA) is 118 Å². The highest BCUT2D eigenvalue weighted by Gasteiger charge is 2.14. The standard InChI is InChI=1S/C21H20FN7O2/c1-13-3-6-18(29-25-9-10-26-29)16(11-13)19(30)23-7-2-8-24-21-27-17-5-4-14(22)12-15(17)20(31)28-21/h3-6,9-12H,2,7-8H2,1H3,(H,23,30)(H2,24,27,28,31). The summed E-state index contributed by atoms with van der Waals surface area (Å²) < 4.78 is 13.3. The maximum absolute atomic E-state index is 13.3. The van der Waals surface area contributed by atoms with Gasteiger partial charge in [0.2, 0.25) is 5.95 Å². The van der Waals surface area contributed by atoms with Crippen LogP contribution in [0.5, 0.6) is 0 Å². The lowest BCUT2D eigenvalue weighted by molar-refractivity contribution is 0.0953. The quantitative estimate of drug-likeness (QED) is 0.394. The molecule has 0 bridgehead atoms. The number of rotatable bonds is 7. The van der Waals surface area contributed by atoms with Crippen molar-refractivity contribution in [2.45, 2.75) is 13.3 Å². The molecule has 1 amide bonds. The average Bonchev–Trinajstić information content (AvgIpc) is 3.28. The van der Waals surface area contributed by atoms with Gasteiger partial charge in [0.25, 0.3) is 11.5 Å². The van der Waals surface area contributed by atoms with Crippen molar-refractivity contribution >= 4 is 22.8 Å². The molecular weight excluding hydrogens is 401 g/mol. The van der Waals surface area contributed by atoms with Crippen molar-refractivity contribution in [3.05, 3.63) is 76.1 Å². The van der Waals surface area contributed by atoms with Crippen LogP contribution in [0.2, 0.25) is 0 Å². The van der Waals surface area contributed by atoms with Crippen LogP contribution in [-0.2, 0) is 0 Å². The highest BCUT2D eigenvalue weighted by Crippen LogP contribution is 2.15. The molecule has 4 rings (SSSR count). The highest BCUT2D eigenvalue weighted by atomic mass is 19.1. The van der Waals surface area contributed by atoms with E-state index in [2.05, 4.69) is 30.8 Å². The van der Waals surface area contributed by atoms with E-state index in [1.807, 2.05) is 13.0 Å². The second-order valence-corrected chi connectivity index (χ2v) is 6.95. The summed E-state index contributed by atoms with van der Waals surface area (Å²) in [5.41, 5.74) is 2.02. The molecule has 9 nitrogen and oxygen atoms in total. The Kier molecular flexibility index (Phi) is 5.69. The van der Waals surface area contributed by atoms with Gasteiger partial charge >= 0.3 is 0 Å². The fraction of sp³-hybridized carbons (Fsp3) is 0.190. The fourth-order valence-electron chi connectivity index (χ4n) is 3.13. The van der Waals surface area contributed by atoms with Gasteiger partial charge < -0.3 is 10.6 Å². The molecule has 0 aliphatic carbocycles. The molecule has 158 valence electrons. The first kappa shape index (κ1) is 20.2. The van der Waals surface area contributed by atoms with Gasteiger partial charge in [0, 0.05) is 13.1 Å². The number of aromatic nitrogens is 5. The van der Waals surface area contributed by atoms with Crippen LogP contribution in [0, 0.1) is 12.7 Å². The Balaban J connectivity index is 1.34. The number of hydrogen-bond donors (Lipinski definition) is 3. The molecule has 0 saturated heterocycles. The Morgan fingerprint density at radius 1 is 1.13 bits per heavy atom. The second-order valence-electron chi connectivity index (χ2n) is 6.95. The van der Waals surface area contributed by atoms with Gasteiger partial charge in [-0.3, -0.25) is 14.6 Å². The fourth-order valence-corrected chi connectivity index (χ4v) is 3.13. The van der Waals surface area contributed by atoms with E-state index in [0.717, 1.165) is 11.6 Å². The molecule has 0 radical (unpaired) electrons. The minimum absolute atomic E-state index is 0.193. The van der Waals surface area contributed by atoms with E-state index >= 15 is 0 Å². The van der Waals surface area contributed by atoms with Crippen molar-refractivity contribution < 1.29 is 9.18 Å². The molecular formula is C21H20FN7O2. The predicted molar refractivity (Wildman–Crippen MR) is 114 cm³/mol. The number of hydrogen-bond acceptors (Lipinski definition) is 6. The van der Waals surface area contributed by atoms with Crippen LogP contribution in [0.4, 0.5) is 10.3 Å². The van der Waals surface area contributed by atoms with Crippen LogP contribution in [0.3, 0.4) is 0 Å². The number of benzene rings is 2. The van der Waals surface area contributed by atoms with Gasteiger partial charge in [-0.1, -0.05) is 11.6 Å². The molecule has 0 fully saturated rings. The van der Waals surface area contributed by atoms with Crippen molar-refractivity contribution in [2.24, 2.45) is 0 Å². The van der Waals surface area contributed by atoms with Crippen molar-refractivity contribution in [3.8, 4) is 5.69 Å². The summed E-state index contributed by atoms with van der Waals surface area (Å²) in [6, 6.07) is 9.35. The van der Waals surface area contributed by atoms with Crippen LogP contribution in [0.1, 0.15) is 22.3 Å². The number of halogens is 1. The normalized spacial score (nSPS) is 10.9. The third kappa shape index (κ3) is 4.58. The molecule has 4 aromatic rings. The number of carbonyl (C=O) groups excluding carboxylic acids is 1. The summed E-state index contributed by atoms with van der Waals surface area (Å²) >= 11 is 0. The van der Waals surface area contributed by atoms with Crippen molar-refractivity contribution in [1.82, 2.24) is 30.3 Å². The molecule has 0 aliphatic heterocycles. The molecule has 31 heavy (non-hydrogen) atoms. The summed E-state index contributed by atoms with van der Waals surface area (Å²) in [4.78, 5) is 33.0. The van der Waals surface area contributed by atoms with Gasteiger partial charge in [-0.25, -0.2) is 9.37 Å². The Morgan fingerprint density at radius 3 is 2.74 bits per heavy atom. The smallest absolute Gasteiger partial charge is 0.260 e. The minimum Gasteiger partial charge on any atom is -0.356 e. The molecule has 3 N–H and O–H groups in total. The van der Waals surface area contributed by atoms with E-state index in [4.69, 9.17) is 0 Å². The maximum Gasteiger partial charge on any atom is 0.260 e. The summed E-state index contributed by atoms with van der Waals surface area (Å²) in [5, 5.41) is 14.3. The number of amides is 1. The Labute approximate surface area is 176 Å². The molecule has 2 heterocycles. The summed E-state index contributed by atoms with van der Waals surface area (Å²) in [6.45, 7) is 2.79. The van der Waals surface area contributed by atoms with Gasteiger partial charge in [0.05, 0.1) is 34.5 Å². The van der Waals surface area contributed by atoms with Gasteiger partial charge in [-0.05, 0) is 43.7 Å². The van der Waals surface area contributed by atoms with E-state index in [9.17, 15) is 14.0 Å². The molecule has 0 unspecified atom stereocenters. The first-order valence-corrected chi connectivity index (χ1v) is 9.70. The van der Waals surface area contributed by atoms with Crippen LogP contribution >= 0.6 is 0 Å². The van der Waals surface area contributed by atoms with E-state index in [1.54, 1.807) is 24.5 Å². The molecule has 2 aromatic heterocycles. The number of H-pyrrole nitrogens is 1. The second kappa shape index (κ2) is 8.74. The van der Waals surface area contributed by atoms with Crippen LogP contribution in [-0.4, -0.2) is 44.0 Å². The van der Waals surface area contributed by atoms with Gasteiger partial charge in [0.15, 0.2) is 0 Å². The van der Waals surface area contributed by atoms with E-state index in [-0.39, 0.29) is 11.3 Å². The van der Waals surface area contributed by atoms with E-state index < -0.39 is 11.4 Å². The lowest BCUT2D eigenvalue weighted by Crippen LogP contribution is -2.27. The zero-order valence-corrected chi connectivity index (χ0v) is 16.7. The Bertz CT molecular complexity index is 1280. The average molecular weight is 421 g/mol. The number of fused-ring (bicyclic) bond motifs is 1. The molecule has 0 aliphatic rings. The van der Waals surface area contributed by atoms with Gasteiger partial charge in [0.1, 0.15) is 5.82 Å². The predicted octanol–water partition coefficient (Wildman–Crippen LogP) is 2.18. The first-order chi connectivity index (χ1) is 15.0. The number of aromatic amines is 1. The van der Waals surface area contributed by atoms with Crippen molar-refractivity contribution in [3.63, 3.8) is 0 Å². The third-order valence-corrected chi connectivity index (χ3v) is 4.63. The van der Waals surface area contributed by atoms with Gasteiger partial charge in [-0.2, -0.15) is 15.0 Å². The molecule has 0 saturated carbocycles. The molecule has 0 atom stereocenters. The Hall–Kier alpha value is -4.08. The zero-order chi connectivity index (χ0) is 21.8. The summed E-state index contributed by atoms with van der Waals surface area (Å²) in [5.74, 6) is -0.423. The molecule has 10 heteroatoms. The maximum atomic E-state index is 13.3. The lowest BCUT2D eigenvalue weighted by atomic mass is 10.1. The molecule has 0 spiro atoms. The van der Waals surface area contributed by atoms with E-state index in [0.29, 0.717) is 42.2 Å². The van der Waals surface area contributed by atoms with Crippen LogP contribution < -0.4 is 16.2 Å². The first-order valence-electron chi connectivity index (χ1n) is 9.70. The van der Waals surface area contributed by atoms with Crippen LogP contribution in [0.15, 0.2) is 53.6 Å².